The zero-order chi connectivity index (χ0) is 13.9. The molecule has 0 unspecified atom stereocenters. The number of aromatic nitrogens is 1. The molecule has 0 aliphatic carbocycles. The molecule has 0 fully saturated rings. The molecule has 0 aliphatic heterocycles. The van der Waals surface area contributed by atoms with Gasteiger partial charge in [-0.1, -0.05) is 48.5 Å². The molecule has 0 radical (unpaired) electrons. The van der Waals surface area contributed by atoms with Crippen LogP contribution in [-0.4, -0.2) is 16.1 Å². The summed E-state index contributed by atoms with van der Waals surface area (Å²) in [5.41, 5.74) is 3.29. The van der Waals surface area contributed by atoms with Crippen LogP contribution in [0.3, 0.4) is 0 Å². The summed E-state index contributed by atoms with van der Waals surface area (Å²) in [5.74, 6) is -0.899. The third-order valence-corrected chi connectivity index (χ3v) is 3.53. The van der Waals surface area contributed by atoms with Gasteiger partial charge in [-0.15, -0.1) is 0 Å². The number of benzene rings is 2. The third-order valence-electron chi connectivity index (χ3n) is 3.53. The predicted octanol–water partition coefficient (Wildman–Crippen LogP) is 3.65. The van der Waals surface area contributed by atoms with E-state index in [0.717, 1.165) is 29.3 Å². The first-order chi connectivity index (χ1) is 9.75. The molecule has 2 aromatic carbocycles. The maximum absolute atomic E-state index is 11.4. The number of H-pyrrole nitrogens is 1. The minimum Gasteiger partial charge on any atom is -0.477 e. The van der Waals surface area contributed by atoms with Crippen LogP contribution >= 0.6 is 0 Å². The first-order valence-corrected chi connectivity index (χ1v) is 6.62. The highest BCUT2D eigenvalue weighted by Crippen LogP contribution is 2.24. The van der Waals surface area contributed by atoms with Crippen LogP contribution < -0.4 is 0 Å². The van der Waals surface area contributed by atoms with Crippen molar-refractivity contribution in [1.29, 1.82) is 0 Å². The fourth-order valence-electron chi connectivity index (χ4n) is 2.56. The van der Waals surface area contributed by atoms with Crippen molar-refractivity contribution >= 4 is 16.9 Å². The molecule has 1 heterocycles. The lowest BCUT2D eigenvalue weighted by molar-refractivity contribution is 0.0690. The molecule has 0 atom stereocenters. The maximum atomic E-state index is 11.4. The molecule has 1 aromatic heterocycles. The van der Waals surface area contributed by atoms with Crippen molar-refractivity contribution in [3.05, 3.63) is 71.4 Å². The number of carbonyl (C=O) groups is 1. The second-order valence-corrected chi connectivity index (χ2v) is 4.81. The van der Waals surface area contributed by atoms with E-state index in [9.17, 15) is 9.90 Å². The van der Waals surface area contributed by atoms with E-state index in [-0.39, 0.29) is 0 Å². The fourth-order valence-corrected chi connectivity index (χ4v) is 2.56. The second kappa shape index (κ2) is 5.21. The molecule has 0 amide bonds. The number of carboxylic acids is 1. The smallest absolute Gasteiger partial charge is 0.352 e. The Morgan fingerprint density at radius 1 is 0.950 bits per heavy atom. The minimum atomic E-state index is -0.899. The highest BCUT2D eigenvalue weighted by atomic mass is 16.4. The maximum Gasteiger partial charge on any atom is 0.352 e. The summed E-state index contributed by atoms with van der Waals surface area (Å²) in [5, 5.41) is 10.3. The van der Waals surface area contributed by atoms with Gasteiger partial charge < -0.3 is 10.1 Å². The number of hydrogen-bond acceptors (Lipinski definition) is 1. The van der Waals surface area contributed by atoms with E-state index >= 15 is 0 Å². The van der Waals surface area contributed by atoms with E-state index in [2.05, 4.69) is 17.1 Å². The van der Waals surface area contributed by atoms with Crippen LogP contribution in [0.5, 0.6) is 0 Å². The quantitative estimate of drug-likeness (QED) is 0.756. The van der Waals surface area contributed by atoms with Gasteiger partial charge in [0.05, 0.1) is 0 Å². The van der Waals surface area contributed by atoms with Crippen molar-refractivity contribution in [3.8, 4) is 0 Å². The number of para-hydroxylation sites is 1. The highest BCUT2D eigenvalue weighted by Gasteiger charge is 2.16. The lowest BCUT2D eigenvalue weighted by atomic mass is 10.0. The van der Waals surface area contributed by atoms with Crippen LogP contribution in [0, 0.1) is 0 Å². The van der Waals surface area contributed by atoms with E-state index < -0.39 is 5.97 Å². The molecular formula is C17H15NO2. The first-order valence-electron chi connectivity index (χ1n) is 6.62. The van der Waals surface area contributed by atoms with Crippen LogP contribution in [0.2, 0.25) is 0 Å². The Balaban J connectivity index is 1.97. The summed E-state index contributed by atoms with van der Waals surface area (Å²) in [4.78, 5) is 14.4. The Morgan fingerprint density at radius 2 is 1.65 bits per heavy atom. The molecule has 3 rings (SSSR count). The van der Waals surface area contributed by atoms with Crippen LogP contribution in [0.4, 0.5) is 0 Å². The average Bonchev–Trinajstić information content (AvgIpc) is 2.85. The van der Waals surface area contributed by atoms with Gasteiger partial charge in [-0.25, -0.2) is 4.79 Å². The monoisotopic (exact) mass is 265 g/mol. The number of fused-ring (bicyclic) bond motifs is 1. The number of carboxylic acid groups (broad SMARTS) is 1. The van der Waals surface area contributed by atoms with Gasteiger partial charge in [0.2, 0.25) is 0 Å². The van der Waals surface area contributed by atoms with Crippen molar-refractivity contribution in [1.82, 2.24) is 4.98 Å². The number of aromatic carboxylic acids is 1. The molecule has 3 nitrogen and oxygen atoms in total. The Morgan fingerprint density at radius 3 is 2.40 bits per heavy atom. The number of hydrogen-bond donors (Lipinski definition) is 2. The molecule has 0 saturated carbocycles. The predicted molar refractivity (Wildman–Crippen MR) is 79.1 cm³/mol. The molecule has 20 heavy (non-hydrogen) atoms. The van der Waals surface area contributed by atoms with Gasteiger partial charge in [-0.05, 0) is 30.0 Å². The van der Waals surface area contributed by atoms with Crippen molar-refractivity contribution in [3.63, 3.8) is 0 Å². The standard InChI is InChI=1S/C17H15NO2/c19-17(20)16-14(11-10-12-6-2-1-3-7-12)13-8-4-5-9-15(13)18-16/h1-9,18H,10-11H2,(H,19,20). The second-order valence-electron chi connectivity index (χ2n) is 4.81. The summed E-state index contributed by atoms with van der Waals surface area (Å²) in [7, 11) is 0. The van der Waals surface area contributed by atoms with Gasteiger partial charge in [-0.3, -0.25) is 0 Å². The number of aryl methyl sites for hydroxylation is 2. The van der Waals surface area contributed by atoms with Crippen molar-refractivity contribution in [2.45, 2.75) is 12.8 Å². The molecule has 100 valence electrons. The minimum absolute atomic E-state index is 0.308. The topological polar surface area (TPSA) is 53.1 Å². The van der Waals surface area contributed by atoms with E-state index in [1.165, 1.54) is 5.56 Å². The molecular weight excluding hydrogens is 250 g/mol. The summed E-state index contributed by atoms with van der Waals surface area (Å²) in [6, 6.07) is 17.8. The van der Waals surface area contributed by atoms with Crippen molar-refractivity contribution in [2.75, 3.05) is 0 Å². The number of rotatable bonds is 4. The lowest BCUT2D eigenvalue weighted by Crippen LogP contribution is -2.02. The van der Waals surface area contributed by atoms with Gasteiger partial charge in [0.1, 0.15) is 5.69 Å². The van der Waals surface area contributed by atoms with Gasteiger partial charge in [0.15, 0.2) is 0 Å². The molecule has 2 N–H and O–H groups in total. The van der Waals surface area contributed by atoms with Crippen LogP contribution in [0.1, 0.15) is 21.6 Å². The molecule has 0 bridgehead atoms. The Kier molecular flexibility index (Phi) is 3.25. The Hall–Kier alpha value is -2.55. The Labute approximate surface area is 116 Å². The fraction of sp³-hybridized carbons (Fsp3) is 0.118. The largest absolute Gasteiger partial charge is 0.477 e. The van der Waals surface area contributed by atoms with E-state index in [1.54, 1.807) is 0 Å². The molecule has 0 aliphatic rings. The van der Waals surface area contributed by atoms with Gasteiger partial charge in [0.25, 0.3) is 0 Å². The average molecular weight is 265 g/mol. The van der Waals surface area contributed by atoms with E-state index in [0.29, 0.717) is 5.69 Å². The van der Waals surface area contributed by atoms with E-state index in [1.807, 2.05) is 42.5 Å². The zero-order valence-electron chi connectivity index (χ0n) is 11.0. The number of nitrogens with one attached hydrogen (secondary N) is 1. The summed E-state index contributed by atoms with van der Waals surface area (Å²) in [6.45, 7) is 0. The van der Waals surface area contributed by atoms with Crippen molar-refractivity contribution < 1.29 is 9.90 Å². The van der Waals surface area contributed by atoms with Gasteiger partial charge in [-0.2, -0.15) is 0 Å². The summed E-state index contributed by atoms with van der Waals surface area (Å²) < 4.78 is 0. The Bertz CT molecular complexity index is 744. The molecule has 0 saturated heterocycles. The first kappa shape index (κ1) is 12.5. The SMILES string of the molecule is O=C(O)c1[nH]c2ccccc2c1CCc1ccccc1. The molecule has 3 heteroatoms. The molecule has 0 spiro atoms. The van der Waals surface area contributed by atoms with Gasteiger partial charge >= 0.3 is 5.97 Å². The van der Waals surface area contributed by atoms with Crippen LogP contribution in [-0.2, 0) is 12.8 Å². The van der Waals surface area contributed by atoms with Crippen LogP contribution in [0.15, 0.2) is 54.6 Å². The molecule has 3 aromatic rings. The summed E-state index contributed by atoms with van der Waals surface area (Å²) in [6.07, 6.45) is 1.55. The zero-order valence-corrected chi connectivity index (χ0v) is 11.0. The summed E-state index contributed by atoms with van der Waals surface area (Å²) >= 11 is 0. The normalized spacial score (nSPS) is 10.8. The lowest BCUT2D eigenvalue weighted by Gasteiger charge is -2.02. The highest BCUT2D eigenvalue weighted by molar-refractivity contribution is 5.97. The van der Waals surface area contributed by atoms with Gasteiger partial charge in [0, 0.05) is 10.9 Å². The van der Waals surface area contributed by atoms with Crippen molar-refractivity contribution in [2.24, 2.45) is 0 Å². The van der Waals surface area contributed by atoms with Crippen LogP contribution in [0.25, 0.3) is 10.9 Å². The van der Waals surface area contributed by atoms with E-state index in [4.69, 9.17) is 0 Å². The number of aromatic amines is 1. The third kappa shape index (κ3) is 2.30.